The molecule has 1 fully saturated rings. The van der Waals surface area contributed by atoms with Gasteiger partial charge in [-0.2, -0.15) is 5.26 Å². The van der Waals surface area contributed by atoms with Crippen LogP contribution in [0.3, 0.4) is 0 Å². The predicted molar refractivity (Wildman–Crippen MR) is 71.4 cm³/mol. The van der Waals surface area contributed by atoms with Crippen molar-refractivity contribution < 1.29 is 0 Å². The zero-order valence-electron chi connectivity index (χ0n) is 10.9. The summed E-state index contributed by atoms with van der Waals surface area (Å²) in [7, 11) is 0. The maximum absolute atomic E-state index is 9.22. The highest BCUT2D eigenvalue weighted by molar-refractivity contribution is 5.54. The topological polar surface area (TPSA) is 48.7 Å². The minimum absolute atomic E-state index is 0.712. The molecule has 1 N–H and O–H groups in total. The predicted octanol–water partition coefficient (Wildman–Crippen LogP) is 2.90. The molecule has 3 heteroatoms. The minimum Gasteiger partial charge on any atom is -0.369 e. The molecule has 94 valence electrons. The van der Waals surface area contributed by atoms with Crippen LogP contribution in [-0.4, -0.2) is 11.5 Å². The first-order chi connectivity index (χ1) is 8.78. The van der Waals surface area contributed by atoms with Crippen molar-refractivity contribution in [2.75, 3.05) is 11.9 Å². The Kier molecular flexibility index (Phi) is 2.95. The standard InChI is InChI=1S/C15H19N3/c1-10-6-13(10)9-17-15-12(8-16)7-11-4-2-3-5-14(11)18-15/h7,10,13H,2-6,9H2,1H3,(H,17,18). The van der Waals surface area contributed by atoms with Gasteiger partial charge in [0, 0.05) is 12.2 Å². The first-order valence-electron chi connectivity index (χ1n) is 6.94. The van der Waals surface area contributed by atoms with Crippen molar-refractivity contribution in [3.63, 3.8) is 0 Å². The summed E-state index contributed by atoms with van der Waals surface area (Å²) in [5.74, 6) is 2.41. The van der Waals surface area contributed by atoms with Gasteiger partial charge in [-0.3, -0.25) is 0 Å². The van der Waals surface area contributed by atoms with Crippen LogP contribution in [0.5, 0.6) is 0 Å². The van der Waals surface area contributed by atoms with E-state index in [-0.39, 0.29) is 0 Å². The molecular formula is C15H19N3. The Balaban J connectivity index is 1.81. The summed E-state index contributed by atoms with van der Waals surface area (Å²) in [5, 5.41) is 12.6. The van der Waals surface area contributed by atoms with Crippen molar-refractivity contribution in [3.8, 4) is 6.07 Å². The number of rotatable bonds is 3. The summed E-state index contributed by atoms with van der Waals surface area (Å²) in [6, 6.07) is 4.32. The highest BCUT2D eigenvalue weighted by Gasteiger charge is 2.32. The third-order valence-corrected chi connectivity index (χ3v) is 4.23. The number of hydrogen-bond donors (Lipinski definition) is 1. The Morgan fingerprint density at radius 1 is 1.44 bits per heavy atom. The SMILES string of the molecule is CC1CC1CNc1nc2c(cc1C#N)CCCC2. The molecule has 0 saturated heterocycles. The first kappa shape index (κ1) is 11.5. The molecule has 1 heterocycles. The molecule has 0 spiro atoms. The second-order valence-electron chi connectivity index (χ2n) is 5.66. The van der Waals surface area contributed by atoms with E-state index in [1.807, 2.05) is 6.07 Å². The summed E-state index contributed by atoms with van der Waals surface area (Å²) >= 11 is 0. The van der Waals surface area contributed by atoms with Gasteiger partial charge in [0.05, 0.1) is 5.56 Å². The van der Waals surface area contributed by atoms with Crippen LogP contribution in [0.25, 0.3) is 0 Å². The van der Waals surface area contributed by atoms with Crippen molar-refractivity contribution >= 4 is 5.82 Å². The zero-order chi connectivity index (χ0) is 12.5. The molecule has 2 aliphatic rings. The van der Waals surface area contributed by atoms with Crippen molar-refractivity contribution in [1.82, 2.24) is 4.98 Å². The lowest BCUT2D eigenvalue weighted by Gasteiger charge is -2.17. The van der Waals surface area contributed by atoms with Crippen LogP contribution < -0.4 is 5.32 Å². The lowest BCUT2D eigenvalue weighted by atomic mass is 9.95. The molecular weight excluding hydrogens is 222 g/mol. The monoisotopic (exact) mass is 241 g/mol. The smallest absolute Gasteiger partial charge is 0.144 e. The van der Waals surface area contributed by atoms with Crippen LogP contribution in [0.15, 0.2) is 6.07 Å². The summed E-state index contributed by atoms with van der Waals surface area (Å²) < 4.78 is 0. The van der Waals surface area contributed by atoms with E-state index in [0.29, 0.717) is 5.56 Å². The summed E-state index contributed by atoms with van der Waals surface area (Å²) in [4.78, 5) is 4.68. The van der Waals surface area contributed by atoms with Crippen LogP contribution in [0.1, 0.15) is 43.0 Å². The third kappa shape index (κ3) is 2.20. The molecule has 0 amide bonds. The van der Waals surface area contributed by atoms with E-state index >= 15 is 0 Å². The average Bonchev–Trinajstić information content (AvgIpc) is 3.11. The van der Waals surface area contributed by atoms with E-state index in [0.717, 1.165) is 37.0 Å². The molecule has 2 aliphatic carbocycles. The molecule has 1 saturated carbocycles. The summed E-state index contributed by atoms with van der Waals surface area (Å²) in [6.45, 7) is 3.24. The average molecular weight is 241 g/mol. The number of pyridine rings is 1. The number of anilines is 1. The molecule has 0 radical (unpaired) electrons. The number of nitriles is 1. The number of aromatic nitrogens is 1. The lowest BCUT2D eigenvalue weighted by Crippen LogP contribution is -2.12. The third-order valence-electron chi connectivity index (χ3n) is 4.23. The zero-order valence-corrected chi connectivity index (χ0v) is 10.9. The van der Waals surface area contributed by atoms with Crippen molar-refractivity contribution in [2.24, 2.45) is 11.8 Å². The molecule has 1 aromatic heterocycles. The van der Waals surface area contributed by atoms with Crippen LogP contribution in [0.2, 0.25) is 0 Å². The van der Waals surface area contributed by atoms with Gasteiger partial charge in [0.15, 0.2) is 0 Å². The van der Waals surface area contributed by atoms with Gasteiger partial charge in [-0.05, 0) is 55.6 Å². The van der Waals surface area contributed by atoms with Gasteiger partial charge in [0.25, 0.3) is 0 Å². The molecule has 18 heavy (non-hydrogen) atoms. The quantitative estimate of drug-likeness (QED) is 0.885. The Morgan fingerprint density at radius 2 is 2.22 bits per heavy atom. The largest absolute Gasteiger partial charge is 0.369 e. The number of nitrogens with zero attached hydrogens (tertiary/aromatic N) is 2. The molecule has 2 atom stereocenters. The van der Waals surface area contributed by atoms with E-state index in [2.05, 4.69) is 23.3 Å². The number of fused-ring (bicyclic) bond motifs is 1. The molecule has 3 rings (SSSR count). The maximum atomic E-state index is 9.22. The van der Waals surface area contributed by atoms with Crippen LogP contribution in [0, 0.1) is 23.2 Å². The van der Waals surface area contributed by atoms with Gasteiger partial charge in [0.2, 0.25) is 0 Å². The van der Waals surface area contributed by atoms with E-state index in [1.54, 1.807) is 0 Å². The van der Waals surface area contributed by atoms with Crippen molar-refractivity contribution in [3.05, 3.63) is 22.9 Å². The molecule has 3 nitrogen and oxygen atoms in total. The van der Waals surface area contributed by atoms with Gasteiger partial charge >= 0.3 is 0 Å². The van der Waals surface area contributed by atoms with Gasteiger partial charge in [-0.1, -0.05) is 6.92 Å². The fourth-order valence-corrected chi connectivity index (χ4v) is 2.76. The second kappa shape index (κ2) is 4.61. The highest BCUT2D eigenvalue weighted by atomic mass is 15.0. The molecule has 0 aliphatic heterocycles. The Hall–Kier alpha value is -1.56. The van der Waals surface area contributed by atoms with E-state index in [4.69, 9.17) is 0 Å². The fraction of sp³-hybridized carbons (Fsp3) is 0.600. The Morgan fingerprint density at radius 3 is 2.94 bits per heavy atom. The van der Waals surface area contributed by atoms with Crippen LogP contribution in [0.4, 0.5) is 5.82 Å². The van der Waals surface area contributed by atoms with E-state index in [9.17, 15) is 5.26 Å². The summed E-state index contributed by atoms with van der Waals surface area (Å²) in [5.41, 5.74) is 3.19. The lowest BCUT2D eigenvalue weighted by molar-refractivity contribution is 0.667. The molecule has 2 unspecified atom stereocenters. The molecule has 1 aromatic rings. The number of nitrogens with one attached hydrogen (secondary N) is 1. The first-order valence-corrected chi connectivity index (χ1v) is 6.94. The number of aryl methyl sites for hydroxylation is 2. The fourth-order valence-electron chi connectivity index (χ4n) is 2.76. The van der Waals surface area contributed by atoms with Gasteiger partial charge < -0.3 is 5.32 Å². The van der Waals surface area contributed by atoms with E-state index < -0.39 is 0 Å². The van der Waals surface area contributed by atoms with Crippen LogP contribution >= 0.6 is 0 Å². The molecule has 0 bridgehead atoms. The molecule has 0 aromatic carbocycles. The highest BCUT2D eigenvalue weighted by Crippen LogP contribution is 2.37. The Labute approximate surface area is 108 Å². The van der Waals surface area contributed by atoms with Gasteiger partial charge in [-0.15, -0.1) is 0 Å². The summed E-state index contributed by atoms with van der Waals surface area (Å²) in [6.07, 6.45) is 5.91. The number of hydrogen-bond acceptors (Lipinski definition) is 3. The normalized spacial score (nSPS) is 25.1. The van der Waals surface area contributed by atoms with Crippen molar-refractivity contribution in [2.45, 2.75) is 39.0 Å². The minimum atomic E-state index is 0.712. The van der Waals surface area contributed by atoms with Gasteiger partial charge in [0.1, 0.15) is 11.9 Å². The van der Waals surface area contributed by atoms with Crippen LogP contribution in [-0.2, 0) is 12.8 Å². The van der Waals surface area contributed by atoms with Crippen molar-refractivity contribution in [1.29, 1.82) is 5.26 Å². The van der Waals surface area contributed by atoms with Gasteiger partial charge in [-0.25, -0.2) is 4.98 Å². The second-order valence-corrected chi connectivity index (χ2v) is 5.66. The van der Waals surface area contributed by atoms with E-state index in [1.165, 1.54) is 30.5 Å². The maximum Gasteiger partial charge on any atom is 0.144 e. The Bertz CT molecular complexity index is 501.